The third-order valence-electron chi connectivity index (χ3n) is 2.69. The topological polar surface area (TPSA) is 72.2 Å². The van der Waals surface area contributed by atoms with Crippen molar-refractivity contribution in [1.29, 1.82) is 0 Å². The molecule has 0 aliphatic rings. The molecule has 19 heavy (non-hydrogen) atoms. The SMILES string of the molecule is CC(C)CCCOCC(O)CNCc1ncn(C)n1. The van der Waals surface area contributed by atoms with E-state index in [-0.39, 0.29) is 0 Å². The molecule has 1 heterocycles. The smallest absolute Gasteiger partial charge is 0.164 e. The van der Waals surface area contributed by atoms with Crippen LogP contribution < -0.4 is 5.32 Å². The van der Waals surface area contributed by atoms with E-state index in [1.54, 1.807) is 11.0 Å². The number of aromatic nitrogens is 3. The Balaban J connectivity index is 1.97. The molecule has 1 aromatic rings. The Morgan fingerprint density at radius 3 is 2.89 bits per heavy atom. The lowest BCUT2D eigenvalue weighted by atomic mass is 10.1. The van der Waals surface area contributed by atoms with Crippen LogP contribution in [-0.4, -0.2) is 45.7 Å². The van der Waals surface area contributed by atoms with Crippen LogP contribution in [0.5, 0.6) is 0 Å². The molecule has 0 bridgehead atoms. The Morgan fingerprint density at radius 1 is 1.47 bits per heavy atom. The van der Waals surface area contributed by atoms with Crippen molar-refractivity contribution in [3.63, 3.8) is 0 Å². The average Bonchev–Trinajstić information content (AvgIpc) is 2.74. The van der Waals surface area contributed by atoms with Crippen molar-refractivity contribution in [3.05, 3.63) is 12.2 Å². The molecular formula is C13H26N4O2. The Labute approximate surface area is 115 Å². The first kappa shape index (κ1) is 16.1. The summed E-state index contributed by atoms with van der Waals surface area (Å²) >= 11 is 0. The molecule has 6 nitrogen and oxygen atoms in total. The Kier molecular flexibility index (Phi) is 7.62. The fourth-order valence-electron chi connectivity index (χ4n) is 1.69. The van der Waals surface area contributed by atoms with Crippen molar-refractivity contribution < 1.29 is 9.84 Å². The van der Waals surface area contributed by atoms with E-state index in [0.717, 1.165) is 18.9 Å². The van der Waals surface area contributed by atoms with Crippen LogP contribution in [0.3, 0.4) is 0 Å². The quantitative estimate of drug-likeness (QED) is 0.613. The molecule has 1 atom stereocenters. The maximum absolute atomic E-state index is 9.71. The molecule has 0 aromatic carbocycles. The van der Waals surface area contributed by atoms with Crippen molar-refractivity contribution in [2.45, 2.75) is 39.3 Å². The van der Waals surface area contributed by atoms with Crippen molar-refractivity contribution in [2.24, 2.45) is 13.0 Å². The van der Waals surface area contributed by atoms with Gasteiger partial charge in [0.25, 0.3) is 0 Å². The van der Waals surface area contributed by atoms with Crippen molar-refractivity contribution in [1.82, 2.24) is 20.1 Å². The highest BCUT2D eigenvalue weighted by atomic mass is 16.5. The highest BCUT2D eigenvalue weighted by Crippen LogP contribution is 2.03. The van der Waals surface area contributed by atoms with Crippen LogP contribution in [0.25, 0.3) is 0 Å². The molecule has 1 aromatic heterocycles. The van der Waals surface area contributed by atoms with E-state index in [1.165, 1.54) is 6.42 Å². The normalized spacial score (nSPS) is 13.1. The molecule has 2 N–H and O–H groups in total. The zero-order valence-electron chi connectivity index (χ0n) is 12.2. The van der Waals surface area contributed by atoms with Crippen LogP contribution in [0.4, 0.5) is 0 Å². The predicted octanol–water partition coefficient (Wildman–Crippen LogP) is 0.718. The van der Waals surface area contributed by atoms with Gasteiger partial charge in [-0.3, -0.25) is 4.68 Å². The number of aryl methyl sites for hydroxylation is 1. The van der Waals surface area contributed by atoms with Gasteiger partial charge in [-0.2, -0.15) is 5.10 Å². The van der Waals surface area contributed by atoms with Crippen LogP contribution in [-0.2, 0) is 18.3 Å². The zero-order valence-corrected chi connectivity index (χ0v) is 12.2. The summed E-state index contributed by atoms with van der Waals surface area (Å²) in [6, 6.07) is 0. The van der Waals surface area contributed by atoms with Gasteiger partial charge in [-0.25, -0.2) is 4.98 Å². The van der Waals surface area contributed by atoms with Crippen LogP contribution in [0.15, 0.2) is 6.33 Å². The van der Waals surface area contributed by atoms with Crippen LogP contribution in [0, 0.1) is 5.92 Å². The molecule has 1 unspecified atom stereocenters. The van der Waals surface area contributed by atoms with Gasteiger partial charge in [-0.15, -0.1) is 0 Å². The van der Waals surface area contributed by atoms with Crippen LogP contribution >= 0.6 is 0 Å². The molecule has 0 saturated heterocycles. The fraction of sp³-hybridized carbons (Fsp3) is 0.846. The summed E-state index contributed by atoms with van der Waals surface area (Å²) in [5.41, 5.74) is 0. The monoisotopic (exact) mass is 270 g/mol. The summed E-state index contributed by atoms with van der Waals surface area (Å²) in [6.07, 6.45) is 3.39. The Hall–Kier alpha value is -0.980. The second-order valence-corrected chi connectivity index (χ2v) is 5.23. The van der Waals surface area contributed by atoms with Crippen LogP contribution in [0.1, 0.15) is 32.5 Å². The van der Waals surface area contributed by atoms with E-state index in [1.807, 2.05) is 7.05 Å². The number of aliphatic hydroxyl groups excluding tert-OH is 1. The van der Waals surface area contributed by atoms with Crippen molar-refractivity contribution in [3.8, 4) is 0 Å². The van der Waals surface area contributed by atoms with Gasteiger partial charge in [-0.1, -0.05) is 13.8 Å². The maximum atomic E-state index is 9.71. The molecule has 6 heteroatoms. The van der Waals surface area contributed by atoms with E-state index in [2.05, 4.69) is 29.2 Å². The molecule has 0 amide bonds. The molecule has 0 aliphatic heterocycles. The second-order valence-electron chi connectivity index (χ2n) is 5.23. The summed E-state index contributed by atoms with van der Waals surface area (Å²) in [5.74, 6) is 1.44. The highest BCUT2D eigenvalue weighted by Gasteiger charge is 2.05. The third-order valence-corrected chi connectivity index (χ3v) is 2.69. The van der Waals surface area contributed by atoms with Crippen molar-refractivity contribution in [2.75, 3.05) is 19.8 Å². The first-order chi connectivity index (χ1) is 9.08. The van der Waals surface area contributed by atoms with E-state index >= 15 is 0 Å². The molecule has 0 radical (unpaired) electrons. The minimum Gasteiger partial charge on any atom is -0.389 e. The van der Waals surface area contributed by atoms with E-state index < -0.39 is 6.10 Å². The number of aliphatic hydroxyl groups is 1. The summed E-state index contributed by atoms with van der Waals surface area (Å²) in [5, 5.41) is 17.0. The summed E-state index contributed by atoms with van der Waals surface area (Å²) < 4.78 is 7.09. The minimum absolute atomic E-state index is 0.376. The van der Waals surface area contributed by atoms with Gasteiger partial charge in [0.05, 0.1) is 19.3 Å². The van der Waals surface area contributed by atoms with Gasteiger partial charge >= 0.3 is 0 Å². The predicted molar refractivity (Wildman–Crippen MR) is 73.6 cm³/mol. The molecule has 0 spiro atoms. The molecule has 110 valence electrons. The average molecular weight is 270 g/mol. The molecule has 0 aliphatic carbocycles. The molecule has 1 rings (SSSR count). The lowest BCUT2D eigenvalue weighted by molar-refractivity contribution is 0.0346. The Bertz CT molecular complexity index is 341. The zero-order chi connectivity index (χ0) is 14.1. The van der Waals surface area contributed by atoms with E-state index in [9.17, 15) is 5.11 Å². The summed E-state index contributed by atoms with van der Waals surface area (Å²) in [4.78, 5) is 4.09. The number of ether oxygens (including phenoxy) is 1. The molecule has 0 fully saturated rings. The van der Waals surface area contributed by atoms with E-state index in [0.29, 0.717) is 25.6 Å². The number of hydrogen-bond donors (Lipinski definition) is 2. The molecular weight excluding hydrogens is 244 g/mol. The first-order valence-corrected chi connectivity index (χ1v) is 6.89. The standard InChI is InChI=1S/C13H26N4O2/c1-11(2)5-4-6-19-9-12(18)7-14-8-13-15-10-17(3)16-13/h10-12,14,18H,4-9H2,1-3H3. The first-order valence-electron chi connectivity index (χ1n) is 6.89. The highest BCUT2D eigenvalue weighted by molar-refractivity contribution is 4.80. The number of hydrogen-bond acceptors (Lipinski definition) is 5. The maximum Gasteiger partial charge on any atom is 0.164 e. The lowest BCUT2D eigenvalue weighted by Crippen LogP contribution is -2.30. The van der Waals surface area contributed by atoms with Gasteiger partial charge in [0.2, 0.25) is 0 Å². The number of nitrogens with zero attached hydrogens (tertiary/aromatic N) is 3. The van der Waals surface area contributed by atoms with Crippen molar-refractivity contribution >= 4 is 0 Å². The largest absolute Gasteiger partial charge is 0.389 e. The number of rotatable bonds is 10. The minimum atomic E-state index is -0.484. The number of nitrogens with one attached hydrogen (secondary N) is 1. The van der Waals surface area contributed by atoms with Crippen LogP contribution in [0.2, 0.25) is 0 Å². The van der Waals surface area contributed by atoms with Gasteiger partial charge in [0, 0.05) is 20.2 Å². The van der Waals surface area contributed by atoms with Gasteiger partial charge in [0.1, 0.15) is 6.33 Å². The molecule has 0 saturated carbocycles. The second kappa shape index (κ2) is 9.01. The Morgan fingerprint density at radius 2 is 2.26 bits per heavy atom. The third kappa shape index (κ3) is 7.92. The van der Waals surface area contributed by atoms with Gasteiger partial charge < -0.3 is 15.2 Å². The fourth-order valence-corrected chi connectivity index (χ4v) is 1.69. The van der Waals surface area contributed by atoms with Gasteiger partial charge in [-0.05, 0) is 18.8 Å². The summed E-state index contributed by atoms with van der Waals surface area (Å²) in [7, 11) is 1.83. The summed E-state index contributed by atoms with van der Waals surface area (Å²) in [6.45, 7) is 6.54. The lowest BCUT2D eigenvalue weighted by Gasteiger charge is -2.12. The van der Waals surface area contributed by atoms with Gasteiger partial charge in [0.15, 0.2) is 5.82 Å². The van der Waals surface area contributed by atoms with E-state index in [4.69, 9.17) is 4.74 Å².